The molecule has 1 N–H and O–H groups in total. The minimum Gasteiger partial charge on any atom is -0.462 e. The first-order chi connectivity index (χ1) is 12.4. The third-order valence-corrected chi connectivity index (χ3v) is 4.37. The van der Waals surface area contributed by atoms with E-state index in [4.69, 9.17) is 4.74 Å². The van der Waals surface area contributed by atoms with Crippen LogP contribution in [0.4, 0.5) is 5.69 Å². The molecule has 1 aliphatic heterocycles. The number of nitrogens with one attached hydrogen (secondary N) is 1. The molecule has 0 saturated carbocycles. The number of anilines is 1. The van der Waals surface area contributed by atoms with E-state index in [1.165, 1.54) is 0 Å². The van der Waals surface area contributed by atoms with Crippen LogP contribution in [-0.4, -0.2) is 18.5 Å². The molecule has 132 valence electrons. The van der Waals surface area contributed by atoms with Crippen LogP contribution in [0, 0.1) is 11.8 Å². The smallest absolute Gasteiger partial charge is 0.338 e. The first-order valence-electron chi connectivity index (χ1n) is 8.62. The summed E-state index contributed by atoms with van der Waals surface area (Å²) in [5.74, 6) is 5.98. The fraction of sp³-hybridized carbons (Fsp3) is 0.273. The van der Waals surface area contributed by atoms with E-state index in [2.05, 4.69) is 31.0 Å². The summed E-state index contributed by atoms with van der Waals surface area (Å²) >= 11 is 0. The number of benzene rings is 2. The van der Waals surface area contributed by atoms with Gasteiger partial charge in [-0.05, 0) is 55.0 Å². The third kappa shape index (κ3) is 3.78. The molecule has 2 aromatic rings. The summed E-state index contributed by atoms with van der Waals surface area (Å²) in [5.41, 5.74) is 3.98. The molecular formula is C22H21NO3. The number of hydrogen-bond donors (Lipinski definition) is 1. The molecule has 26 heavy (non-hydrogen) atoms. The van der Waals surface area contributed by atoms with Crippen LogP contribution >= 0.6 is 0 Å². The second-order valence-corrected chi connectivity index (χ2v) is 6.92. The number of ether oxygens (including phenoxy) is 1. The Morgan fingerprint density at radius 2 is 1.77 bits per heavy atom. The van der Waals surface area contributed by atoms with E-state index in [1.807, 2.05) is 30.3 Å². The lowest BCUT2D eigenvalue weighted by atomic mass is 9.77. The number of fused-ring (bicyclic) bond motifs is 1. The lowest BCUT2D eigenvalue weighted by Gasteiger charge is -2.32. The quantitative estimate of drug-likeness (QED) is 0.662. The van der Waals surface area contributed by atoms with E-state index in [9.17, 15) is 9.59 Å². The number of carbonyl (C=O) groups excluding carboxylic acids is 2. The molecule has 0 unspecified atom stereocenters. The van der Waals surface area contributed by atoms with Crippen LogP contribution in [0.1, 0.15) is 54.2 Å². The van der Waals surface area contributed by atoms with Crippen molar-refractivity contribution in [1.82, 2.24) is 0 Å². The van der Waals surface area contributed by atoms with Gasteiger partial charge in [0.05, 0.1) is 12.2 Å². The van der Waals surface area contributed by atoms with Gasteiger partial charge < -0.3 is 10.1 Å². The van der Waals surface area contributed by atoms with Gasteiger partial charge in [0.1, 0.15) is 0 Å². The molecule has 4 nitrogen and oxygen atoms in total. The van der Waals surface area contributed by atoms with Crippen molar-refractivity contribution in [1.29, 1.82) is 0 Å². The van der Waals surface area contributed by atoms with Crippen molar-refractivity contribution in [3.8, 4) is 11.8 Å². The van der Waals surface area contributed by atoms with Crippen LogP contribution in [0.15, 0.2) is 42.5 Å². The second kappa shape index (κ2) is 7.05. The van der Waals surface area contributed by atoms with Crippen molar-refractivity contribution in [2.75, 3.05) is 11.9 Å². The Morgan fingerprint density at radius 1 is 1.12 bits per heavy atom. The van der Waals surface area contributed by atoms with E-state index in [-0.39, 0.29) is 17.3 Å². The molecule has 1 aliphatic rings. The maximum Gasteiger partial charge on any atom is 0.338 e. The summed E-state index contributed by atoms with van der Waals surface area (Å²) in [5, 5.41) is 2.91. The minimum absolute atomic E-state index is 0.0445. The van der Waals surface area contributed by atoms with Gasteiger partial charge in [0.2, 0.25) is 5.91 Å². The fourth-order valence-corrected chi connectivity index (χ4v) is 3.03. The van der Waals surface area contributed by atoms with E-state index in [1.54, 1.807) is 19.1 Å². The summed E-state index contributed by atoms with van der Waals surface area (Å²) < 4.78 is 4.97. The summed E-state index contributed by atoms with van der Waals surface area (Å²) in [6.45, 7) is 6.27. The van der Waals surface area contributed by atoms with Crippen LogP contribution < -0.4 is 5.32 Å². The Morgan fingerprint density at radius 3 is 2.46 bits per heavy atom. The average Bonchev–Trinajstić information content (AvgIpc) is 2.60. The Hall–Kier alpha value is -3.06. The summed E-state index contributed by atoms with van der Waals surface area (Å²) in [4.78, 5) is 23.4. The molecule has 0 atom stereocenters. The van der Waals surface area contributed by atoms with Gasteiger partial charge in [-0.3, -0.25) is 4.79 Å². The van der Waals surface area contributed by atoms with Gasteiger partial charge in [-0.15, -0.1) is 0 Å². The molecule has 1 heterocycles. The molecule has 2 aromatic carbocycles. The van der Waals surface area contributed by atoms with Gasteiger partial charge in [0.15, 0.2) is 0 Å². The first-order valence-corrected chi connectivity index (χ1v) is 8.62. The Kier molecular flexibility index (Phi) is 4.81. The van der Waals surface area contributed by atoms with Crippen LogP contribution in [0.2, 0.25) is 0 Å². The van der Waals surface area contributed by atoms with Gasteiger partial charge in [-0.1, -0.05) is 25.7 Å². The molecular weight excluding hydrogens is 326 g/mol. The molecule has 0 saturated heterocycles. The van der Waals surface area contributed by atoms with E-state index < -0.39 is 0 Å². The highest BCUT2D eigenvalue weighted by Crippen LogP contribution is 2.37. The maximum atomic E-state index is 11.8. The number of rotatable bonds is 2. The number of amides is 1. The number of carbonyl (C=O) groups is 2. The molecule has 0 fully saturated rings. The van der Waals surface area contributed by atoms with Gasteiger partial charge >= 0.3 is 5.97 Å². The Balaban J connectivity index is 1.83. The van der Waals surface area contributed by atoms with Crippen LogP contribution in [0.3, 0.4) is 0 Å². The Bertz CT molecular complexity index is 915. The zero-order chi connectivity index (χ0) is 18.7. The molecule has 4 heteroatoms. The maximum absolute atomic E-state index is 11.8. The largest absolute Gasteiger partial charge is 0.462 e. The molecule has 3 rings (SSSR count). The monoisotopic (exact) mass is 347 g/mol. The lowest BCUT2D eigenvalue weighted by molar-refractivity contribution is -0.117. The normalized spacial score (nSPS) is 14.5. The molecule has 0 aliphatic carbocycles. The summed E-state index contributed by atoms with van der Waals surface area (Å²) in [6, 6.07) is 12.9. The van der Waals surface area contributed by atoms with Crippen LogP contribution in [0.25, 0.3) is 0 Å². The highest BCUT2D eigenvalue weighted by atomic mass is 16.5. The first kappa shape index (κ1) is 17.8. The van der Waals surface area contributed by atoms with Crippen molar-refractivity contribution in [3.63, 3.8) is 0 Å². The highest BCUT2D eigenvalue weighted by molar-refractivity contribution is 5.95. The van der Waals surface area contributed by atoms with E-state index in [0.717, 1.165) is 22.4 Å². The Labute approximate surface area is 153 Å². The van der Waals surface area contributed by atoms with Crippen molar-refractivity contribution in [3.05, 3.63) is 64.7 Å². The average molecular weight is 347 g/mol. The zero-order valence-electron chi connectivity index (χ0n) is 15.2. The van der Waals surface area contributed by atoms with Gasteiger partial charge in [-0.2, -0.15) is 0 Å². The predicted molar refractivity (Wildman–Crippen MR) is 101 cm³/mol. The second-order valence-electron chi connectivity index (χ2n) is 6.92. The van der Waals surface area contributed by atoms with Crippen molar-refractivity contribution in [2.24, 2.45) is 0 Å². The third-order valence-electron chi connectivity index (χ3n) is 4.37. The minimum atomic E-state index is -0.328. The van der Waals surface area contributed by atoms with Gasteiger partial charge in [-0.25, -0.2) is 4.79 Å². The molecule has 1 amide bonds. The summed E-state index contributed by atoms with van der Waals surface area (Å²) in [7, 11) is 0. The van der Waals surface area contributed by atoms with Gasteiger partial charge in [0, 0.05) is 28.7 Å². The summed E-state index contributed by atoms with van der Waals surface area (Å²) in [6.07, 6.45) is 0.464. The van der Waals surface area contributed by atoms with Crippen LogP contribution in [0.5, 0.6) is 0 Å². The van der Waals surface area contributed by atoms with Crippen molar-refractivity contribution in [2.45, 2.75) is 32.6 Å². The predicted octanol–water partition coefficient (Wildman–Crippen LogP) is 3.88. The lowest BCUT2D eigenvalue weighted by Crippen LogP contribution is -2.32. The van der Waals surface area contributed by atoms with E-state index >= 15 is 0 Å². The number of hydrogen-bond acceptors (Lipinski definition) is 3. The fourth-order valence-electron chi connectivity index (χ4n) is 3.03. The van der Waals surface area contributed by atoms with Gasteiger partial charge in [0.25, 0.3) is 0 Å². The number of esters is 1. The highest BCUT2D eigenvalue weighted by Gasteiger charge is 2.31. The molecule has 0 spiro atoms. The van der Waals surface area contributed by atoms with Crippen molar-refractivity contribution < 1.29 is 14.3 Å². The van der Waals surface area contributed by atoms with Crippen LogP contribution in [-0.2, 0) is 14.9 Å². The zero-order valence-corrected chi connectivity index (χ0v) is 15.2. The topological polar surface area (TPSA) is 55.4 Å². The molecule has 0 radical (unpaired) electrons. The van der Waals surface area contributed by atoms with Crippen molar-refractivity contribution >= 4 is 17.6 Å². The standard InChI is InChI=1S/C22H21NO3/c1-4-26-21(25)17-10-7-15(8-11-17)5-6-16-9-12-19-18(13-16)22(2,3)14-20(24)23-19/h7-13H,4,14H2,1-3H3,(H,23,24). The SMILES string of the molecule is CCOC(=O)c1ccc(C#Cc2ccc3c(c2)C(C)(C)CC(=O)N3)cc1. The molecule has 0 aromatic heterocycles. The van der Waals surface area contributed by atoms with E-state index in [0.29, 0.717) is 18.6 Å². The molecule has 0 bridgehead atoms.